The van der Waals surface area contributed by atoms with Gasteiger partial charge >= 0.3 is 0 Å². The van der Waals surface area contributed by atoms with E-state index in [0.717, 1.165) is 0 Å². The lowest BCUT2D eigenvalue weighted by Gasteiger charge is -2.31. The zero-order chi connectivity index (χ0) is 10.8. The highest BCUT2D eigenvalue weighted by Crippen LogP contribution is 2.36. The van der Waals surface area contributed by atoms with Crippen molar-refractivity contribution >= 4 is 21.7 Å². The van der Waals surface area contributed by atoms with Gasteiger partial charge < -0.3 is 9.47 Å². The standard InChI is InChI=1S/C10H13BrO3/c1-7(12)9-5-4-8(13-2)6-10(9,11)14-3/h4-6,9H,1-3H3. The maximum Gasteiger partial charge on any atom is 0.157 e. The summed E-state index contributed by atoms with van der Waals surface area (Å²) in [4.78, 5) is 11.3. The first-order chi connectivity index (χ1) is 6.53. The first kappa shape index (κ1) is 11.5. The molecule has 78 valence electrons. The minimum absolute atomic E-state index is 0.0476. The van der Waals surface area contributed by atoms with Gasteiger partial charge in [0.05, 0.1) is 13.0 Å². The van der Waals surface area contributed by atoms with Gasteiger partial charge in [-0.3, -0.25) is 4.79 Å². The largest absolute Gasteiger partial charge is 0.497 e. The van der Waals surface area contributed by atoms with E-state index >= 15 is 0 Å². The third-order valence-corrected chi connectivity index (χ3v) is 3.25. The SMILES string of the molecule is COC1=CC(Br)(OC)C(C(C)=O)C=C1. The lowest BCUT2D eigenvalue weighted by Crippen LogP contribution is -2.36. The molecular weight excluding hydrogens is 248 g/mol. The van der Waals surface area contributed by atoms with Crippen molar-refractivity contribution in [1.82, 2.24) is 0 Å². The Kier molecular flexibility index (Phi) is 3.50. The molecule has 3 nitrogen and oxygen atoms in total. The van der Waals surface area contributed by atoms with Crippen molar-refractivity contribution in [3.05, 3.63) is 24.0 Å². The first-order valence-corrected chi connectivity index (χ1v) is 5.02. The summed E-state index contributed by atoms with van der Waals surface area (Å²) in [6.45, 7) is 1.54. The predicted molar refractivity (Wildman–Crippen MR) is 57.1 cm³/mol. The van der Waals surface area contributed by atoms with Crippen LogP contribution in [-0.2, 0) is 14.3 Å². The fourth-order valence-corrected chi connectivity index (χ4v) is 2.08. The number of carbonyl (C=O) groups is 1. The Balaban J connectivity index is 3.01. The maximum atomic E-state index is 11.3. The van der Waals surface area contributed by atoms with Crippen LogP contribution >= 0.6 is 15.9 Å². The zero-order valence-corrected chi connectivity index (χ0v) is 10.00. The van der Waals surface area contributed by atoms with Crippen LogP contribution in [0.2, 0.25) is 0 Å². The highest BCUT2D eigenvalue weighted by molar-refractivity contribution is 9.10. The molecule has 2 atom stereocenters. The van der Waals surface area contributed by atoms with E-state index in [4.69, 9.17) is 9.47 Å². The van der Waals surface area contributed by atoms with Crippen molar-refractivity contribution in [2.45, 2.75) is 11.4 Å². The summed E-state index contributed by atoms with van der Waals surface area (Å²) >= 11 is 3.39. The molecule has 1 aliphatic carbocycles. The molecule has 0 amide bonds. The van der Waals surface area contributed by atoms with E-state index in [-0.39, 0.29) is 11.7 Å². The highest BCUT2D eigenvalue weighted by atomic mass is 79.9. The number of allylic oxidation sites excluding steroid dienone is 1. The van der Waals surface area contributed by atoms with Crippen LogP contribution in [0.15, 0.2) is 24.0 Å². The van der Waals surface area contributed by atoms with Crippen LogP contribution in [0.5, 0.6) is 0 Å². The monoisotopic (exact) mass is 260 g/mol. The molecule has 0 aromatic heterocycles. The van der Waals surface area contributed by atoms with Gasteiger partial charge in [-0.1, -0.05) is 6.08 Å². The van der Waals surface area contributed by atoms with Crippen molar-refractivity contribution in [2.75, 3.05) is 14.2 Å². The molecule has 4 heteroatoms. The van der Waals surface area contributed by atoms with Gasteiger partial charge in [-0.2, -0.15) is 0 Å². The van der Waals surface area contributed by atoms with Gasteiger partial charge in [0.1, 0.15) is 11.5 Å². The molecule has 0 saturated carbocycles. The third-order valence-electron chi connectivity index (χ3n) is 2.20. The van der Waals surface area contributed by atoms with Gasteiger partial charge in [0.25, 0.3) is 0 Å². The Hall–Kier alpha value is -0.610. The number of ether oxygens (including phenoxy) is 2. The molecule has 0 saturated heterocycles. The second-order valence-corrected chi connectivity index (χ2v) is 4.34. The van der Waals surface area contributed by atoms with E-state index in [1.54, 1.807) is 32.4 Å². The van der Waals surface area contributed by atoms with Crippen LogP contribution in [-0.4, -0.2) is 24.5 Å². The van der Waals surface area contributed by atoms with Gasteiger partial charge in [0.15, 0.2) is 4.51 Å². The van der Waals surface area contributed by atoms with E-state index in [0.29, 0.717) is 5.76 Å². The Labute approximate surface area is 91.9 Å². The average molecular weight is 261 g/mol. The second-order valence-electron chi connectivity index (χ2n) is 3.10. The number of halogens is 1. The first-order valence-electron chi connectivity index (χ1n) is 4.23. The molecule has 2 unspecified atom stereocenters. The fraction of sp³-hybridized carbons (Fsp3) is 0.500. The molecule has 1 aliphatic rings. The molecule has 0 aromatic carbocycles. The quantitative estimate of drug-likeness (QED) is 0.729. The van der Waals surface area contributed by atoms with E-state index in [1.807, 2.05) is 0 Å². The van der Waals surface area contributed by atoms with Crippen molar-refractivity contribution in [2.24, 2.45) is 5.92 Å². The lowest BCUT2D eigenvalue weighted by atomic mass is 9.93. The minimum Gasteiger partial charge on any atom is -0.497 e. The summed E-state index contributed by atoms with van der Waals surface area (Å²) in [7, 11) is 3.13. The van der Waals surface area contributed by atoms with Crippen LogP contribution in [0.3, 0.4) is 0 Å². The minimum atomic E-state index is -0.779. The number of alkyl halides is 1. The Morgan fingerprint density at radius 1 is 1.57 bits per heavy atom. The average Bonchev–Trinajstić information content (AvgIpc) is 2.17. The van der Waals surface area contributed by atoms with Crippen LogP contribution < -0.4 is 0 Å². The van der Waals surface area contributed by atoms with E-state index in [1.165, 1.54) is 6.92 Å². The van der Waals surface area contributed by atoms with Gasteiger partial charge in [-0.15, -0.1) is 0 Å². The molecule has 0 aromatic rings. The molecule has 0 bridgehead atoms. The molecule has 0 aliphatic heterocycles. The Bertz CT molecular complexity index is 296. The Morgan fingerprint density at radius 3 is 2.64 bits per heavy atom. The number of ketones is 1. The molecule has 0 fully saturated rings. The maximum absolute atomic E-state index is 11.3. The number of carbonyl (C=O) groups excluding carboxylic acids is 1. The summed E-state index contributed by atoms with van der Waals surface area (Å²) in [6.07, 6.45) is 5.29. The molecular formula is C10H13BrO3. The predicted octanol–water partition coefficient (Wildman–Crippen LogP) is 2.03. The Morgan fingerprint density at radius 2 is 2.21 bits per heavy atom. The summed E-state index contributed by atoms with van der Waals surface area (Å²) in [5.74, 6) is 0.416. The van der Waals surface area contributed by atoms with Crippen LogP contribution in [0.4, 0.5) is 0 Å². The highest BCUT2D eigenvalue weighted by Gasteiger charge is 2.38. The molecule has 14 heavy (non-hydrogen) atoms. The molecule has 0 radical (unpaired) electrons. The van der Waals surface area contributed by atoms with Crippen LogP contribution in [0.1, 0.15) is 6.92 Å². The smallest absolute Gasteiger partial charge is 0.157 e. The topological polar surface area (TPSA) is 35.5 Å². The second kappa shape index (κ2) is 4.28. The van der Waals surface area contributed by atoms with Gasteiger partial charge in [0.2, 0.25) is 0 Å². The summed E-state index contributed by atoms with van der Waals surface area (Å²) < 4.78 is 9.56. The van der Waals surface area contributed by atoms with Crippen LogP contribution in [0, 0.1) is 5.92 Å². The number of rotatable bonds is 3. The summed E-state index contributed by atoms with van der Waals surface area (Å²) in [5, 5.41) is 0. The van der Waals surface area contributed by atoms with Gasteiger partial charge in [-0.25, -0.2) is 0 Å². The lowest BCUT2D eigenvalue weighted by molar-refractivity contribution is -0.122. The van der Waals surface area contributed by atoms with Crippen molar-refractivity contribution in [1.29, 1.82) is 0 Å². The van der Waals surface area contributed by atoms with Crippen molar-refractivity contribution < 1.29 is 14.3 Å². The number of hydrogen-bond acceptors (Lipinski definition) is 3. The summed E-state index contributed by atoms with van der Waals surface area (Å²) in [6, 6.07) is 0. The van der Waals surface area contributed by atoms with E-state index in [9.17, 15) is 4.79 Å². The molecule has 0 heterocycles. The normalized spacial score (nSPS) is 31.1. The van der Waals surface area contributed by atoms with Crippen LogP contribution in [0.25, 0.3) is 0 Å². The summed E-state index contributed by atoms with van der Waals surface area (Å²) in [5.41, 5.74) is 0. The van der Waals surface area contributed by atoms with Crippen molar-refractivity contribution in [3.8, 4) is 0 Å². The number of hydrogen-bond donors (Lipinski definition) is 0. The van der Waals surface area contributed by atoms with Gasteiger partial charge in [0, 0.05) is 13.2 Å². The number of Topliss-reactive ketones (excluding diaryl/α,β-unsaturated/α-hetero) is 1. The third kappa shape index (κ3) is 2.07. The van der Waals surface area contributed by atoms with Crippen molar-refractivity contribution in [3.63, 3.8) is 0 Å². The van der Waals surface area contributed by atoms with E-state index in [2.05, 4.69) is 15.9 Å². The van der Waals surface area contributed by atoms with Gasteiger partial charge in [-0.05, 0) is 28.9 Å². The molecule has 1 rings (SSSR count). The fourth-order valence-electron chi connectivity index (χ4n) is 1.38. The molecule has 0 spiro atoms. The number of methoxy groups -OCH3 is 2. The zero-order valence-electron chi connectivity index (χ0n) is 8.41. The van der Waals surface area contributed by atoms with E-state index < -0.39 is 4.51 Å². The molecule has 0 N–H and O–H groups in total.